The molecule has 0 saturated carbocycles. The summed E-state index contributed by atoms with van der Waals surface area (Å²) in [5.74, 6) is -0.401. The van der Waals surface area contributed by atoms with Gasteiger partial charge >= 0.3 is 16.4 Å². The molecule has 0 spiro atoms. The standard InChI is InChI=1S/C11H11F3N2O3S/c12-11(13,14)4-3-8-1-2-9(10(17)7-8)16-6-5-15-20(16,18)19/h1-2,5-7,15,17H,3-4H2. The number of rotatable bonds is 3. The van der Waals surface area contributed by atoms with E-state index in [9.17, 15) is 26.7 Å². The minimum absolute atomic E-state index is 0.0259. The van der Waals surface area contributed by atoms with Crippen molar-refractivity contribution < 1.29 is 26.7 Å². The number of aryl methyl sites for hydroxylation is 1. The molecule has 0 fully saturated rings. The number of halogens is 3. The molecule has 2 rings (SSSR count). The van der Waals surface area contributed by atoms with Crippen molar-refractivity contribution in [3.05, 3.63) is 36.2 Å². The third-order valence-corrected chi connectivity index (χ3v) is 3.93. The average molecular weight is 308 g/mol. The zero-order valence-corrected chi connectivity index (χ0v) is 10.9. The van der Waals surface area contributed by atoms with Crippen molar-refractivity contribution >= 4 is 15.9 Å². The molecule has 1 aliphatic heterocycles. The maximum absolute atomic E-state index is 12.1. The van der Waals surface area contributed by atoms with Gasteiger partial charge in [-0.15, -0.1) is 0 Å². The van der Waals surface area contributed by atoms with Gasteiger partial charge < -0.3 is 5.11 Å². The monoisotopic (exact) mass is 308 g/mol. The number of phenolic OH excluding ortho intramolecular Hbond substituents is 1. The van der Waals surface area contributed by atoms with E-state index in [4.69, 9.17) is 0 Å². The summed E-state index contributed by atoms with van der Waals surface area (Å²) in [6.45, 7) is 0. The number of phenols is 1. The van der Waals surface area contributed by atoms with E-state index >= 15 is 0 Å². The van der Waals surface area contributed by atoms with Crippen LogP contribution >= 0.6 is 0 Å². The number of anilines is 1. The zero-order valence-electron chi connectivity index (χ0n) is 10.1. The van der Waals surface area contributed by atoms with E-state index in [1.54, 1.807) is 0 Å². The fraction of sp³-hybridized carbons (Fsp3) is 0.273. The Balaban J connectivity index is 2.21. The van der Waals surface area contributed by atoms with Gasteiger partial charge in [0, 0.05) is 18.8 Å². The molecular formula is C11H11F3N2O3S. The molecule has 0 aromatic heterocycles. The second-order valence-electron chi connectivity index (χ2n) is 4.17. The van der Waals surface area contributed by atoms with Gasteiger partial charge in [0.2, 0.25) is 0 Å². The summed E-state index contributed by atoms with van der Waals surface area (Å²) in [5, 5.41) is 9.76. The van der Waals surface area contributed by atoms with Gasteiger partial charge in [0.15, 0.2) is 0 Å². The largest absolute Gasteiger partial charge is 0.506 e. The molecule has 0 atom stereocenters. The molecule has 20 heavy (non-hydrogen) atoms. The highest BCUT2D eigenvalue weighted by atomic mass is 32.2. The fourth-order valence-corrected chi connectivity index (χ4v) is 2.71. The van der Waals surface area contributed by atoms with Gasteiger partial charge in [0.05, 0.1) is 5.69 Å². The van der Waals surface area contributed by atoms with Crippen LogP contribution in [0.3, 0.4) is 0 Å². The Bertz CT molecular complexity index is 641. The van der Waals surface area contributed by atoms with Gasteiger partial charge in [-0.05, 0) is 24.1 Å². The van der Waals surface area contributed by atoms with Crippen LogP contribution < -0.4 is 9.03 Å². The molecule has 0 bridgehead atoms. The number of aromatic hydroxyl groups is 1. The predicted octanol–water partition coefficient (Wildman–Crippen LogP) is 2.01. The first-order chi connectivity index (χ1) is 9.19. The summed E-state index contributed by atoms with van der Waals surface area (Å²) in [4.78, 5) is 0. The summed E-state index contributed by atoms with van der Waals surface area (Å²) >= 11 is 0. The summed E-state index contributed by atoms with van der Waals surface area (Å²) < 4.78 is 62.3. The first-order valence-electron chi connectivity index (χ1n) is 5.56. The van der Waals surface area contributed by atoms with E-state index in [1.807, 2.05) is 0 Å². The Morgan fingerprint density at radius 3 is 2.50 bits per heavy atom. The van der Waals surface area contributed by atoms with Crippen molar-refractivity contribution in [3.8, 4) is 5.75 Å². The van der Waals surface area contributed by atoms with Crippen LogP contribution in [0.5, 0.6) is 5.75 Å². The van der Waals surface area contributed by atoms with Crippen LogP contribution in [-0.2, 0) is 16.6 Å². The molecule has 0 radical (unpaired) electrons. The third-order valence-electron chi connectivity index (χ3n) is 2.66. The number of nitrogens with one attached hydrogen (secondary N) is 1. The molecule has 0 aliphatic carbocycles. The van der Waals surface area contributed by atoms with Crippen LogP contribution in [-0.4, -0.2) is 19.7 Å². The van der Waals surface area contributed by atoms with E-state index in [0.29, 0.717) is 0 Å². The molecule has 0 amide bonds. The molecule has 0 unspecified atom stereocenters. The Morgan fingerprint density at radius 1 is 1.30 bits per heavy atom. The lowest BCUT2D eigenvalue weighted by molar-refractivity contribution is -0.134. The first-order valence-corrected chi connectivity index (χ1v) is 7.00. The lowest BCUT2D eigenvalue weighted by Gasteiger charge is -2.16. The van der Waals surface area contributed by atoms with Gasteiger partial charge in [-0.3, -0.25) is 4.72 Å². The van der Waals surface area contributed by atoms with Crippen molar-refractivity contribution in [1.82, 2.24) is 4.72 Å². The summed E-state index contributed by atoms with van der Waals surface area (Å²) in [6, 6.07) is 3.74. The average Bonchev–Trinajstić information content (AvgIpc) is 2.66. The molecule has 110 valence electrons. The van der Waals surface area contributed by atoms with E-state index in [1.165, 1.54) is 24.5 Å². The SMILES string of the molecule is O=S1(=O)NC=CN1c1ccc(CCC(F)(F)F)cc1O. The minimum Gasteiger partial charge on any atom is -0.506 e. The molecule has 9 heteroatoms. The molecule has 0 saturated heterocycles. The number of benzene rings is 1. The summed E-state index contributed by atoms with van der Waals surface area (Å²) in [7, 11) is -3.78. The van der Waals surface area contributed by atoms with Crippen molar-refractivity contribution in [1.29, 1.82) is 0 Å². The van der Waals surface area contributed by atoms with E-state index < -0.39 is 28.6 Å². The van der Waals surface area contributed by atoms with Crippen LogP contribution in [0, 0.1) is 0 Å². The number of hydrogen-bond donors (Lipinski definition) is 2. The molecule has 1 aliphatic rings. The number of alkyl halides is 3. The van der Waals surface area contributed by atoms with Gasteiger partial charge in [-0.1, -0.05) is 6.07 Å². The normalized spacial score (nSPS) is 17.2. The summed E-state index contributed by atoms with van der Waals surface area (Å²) in [5.41, 5.74) is 0.249. The fourth-order valence-electron chi connectivity index (χ4n) is 1.73. The second kappa shape index (κ2) is 4.89. The van der Waals surface area contributed by atoms with Crippen LogP contribution in [0.2, 0.25) is 0 Å². The highest BCUT2D eigenvalue weighted by Gasteiger charge is 2.28. The van der Waals surface area contributed by atoms with E-state index in [-0.39, 0.29) is 17.7 Å². The van der Waals surface area contributed by atoms with Crippen molar-refractivity contribution in [2.75, 3.05) is 4.31 Å². The van der Waals surface area contributed by atoms with Crippen molar-refractivity contribution in [2.24, 2.45) is 0 Å². The zero-order chi connectivity index (χ0) is 15.0. The maximum Gasteiger partial charge on any atom is 0.389 e. The van der Waals surface area contributed by atoms with E-state index in [0.717, 1.165) is 10.4 Å². The Kier molecular flexibility index (Phi) is 3.55. The highest BCUT2D eigenvalue weighted by Crippen LogP contribution is 2.32. The molecule has 1 heterocycles. The smallest absolute Gasteiger partial charge is 0.389 e. The maximum atomic E-state index is 12.1. The second-order valence-corrected chi connectivity index (χ2v) is 5.75. The molecule has 2 N–H and O–H groups in total. The van der Waals surface area contributed by atoms with Crippen molar-refractivity contribution in [3.63, 3.8) is 0 Å². The Hall–Kier alpha value is -1.90. The van der Waals surface area contributed by atoms with Crippen molar-refractivity contribution in [2.45, 2.75) is 19.0 Å². The highest BCUT2D eigenvalue weighted by molar-refractivity contribution is 7.91. The van der Waals surface area contributed by atoms with Gasteiger partial charge in [-0.25, -0.2) is 4.31 Å². The minimum atomic E-state index is -4.28. The first kappa shape index (κ1) is 14.5. The van der Waals surface area contributed by atoms with Crippen LogP contribution in [0.4, 0.5) is 18.9 Å². The third kappa shape index (κ3) is 3.16. The lowest BCUT2D eigenvalue weighted by Crippen LogP contribution is -2.28. The number of hydrogen-bond acceptors (Lipinski definition) is 3. The molecular weight excluding hydrogens is 297 g/mol. The topological polar surface area (TPSA) is 69.6 Å². The molecule has 5 nitrogen and oxygen atoms in total. The predicted molar refractivity (Wildman–Crippen MR) is 66.2 cm³/mol. The Labute approximate surface area is 113 Å². The molecule has 1 aromatic rings. The summed E-state index contributed by atoms with van der Waals surface area (Å²) in [6.07, 6.45) is -3.20. The van der Waals surface area contributed by atoms with Gasteiger partial charge in [0.1, 0.15) is 5.75 Å². The number of nitrogens with zero attached hydrogens (tertiary/aromatic N) is 1. The quantitative estimate of drug-likeness (QED) is 0.897. The van der Waals surface area contributed by atoms with Crippen LogP contribution in [0.15, 0.2) is 30.6 Å². The lowest BCUT2D eigenvalue weighted by atomic mass is 10.1. The van der Waals surface area contributed by atoms with Gasteiger partial charge in [0.25, 0.3) is 0 Å². The van der Waals surface area contributed by atoms with Gasteiger partial charge in [-0.2, -0.15) is 21.6 Å². The van der Waals surface area contributed by atoms with E-state index in [2.05, 4.69) is 4.72 Å². The van der Waals surface area contributed by atoms with Crippen LogP contribution in [0.25, 0.3) is 0 Å². The molecule has 1 aromatic carbocycles. The Morgan fingerprint density at radius 2 is 2.00 bits per heavy atom. The van der Waals surface area contributed by atoms with Crippen LogP contribution in [0.1, 0.15) is 12.0 Å².